The average Bonchev–Trinajstić information content (AvgIpc) is 3.77. The molecular formula is C56H89N5O8S2Si. The van der Waals surface area contributed by atoms with Gasteiger partial charge in [0.25, 0.3) is 0 Å². The molecule has 13 nitrogen and oxygen atoms in total. The summed E-state index contributed by atoms with van der Waals surface area (Å²) in [7, 11) is 1.85. The highest BCUT2D eigenvalue weighted by atomic mass is 33.1. The first-order valence-corrected chi connectivity index (χ1v) is 33.0. The number of fused-ring (bicyclic) bond motifs is 5. The van der Waals surface area contributed by atoms with Crippen LogP contribution in [-0.4, -0.2) is 110 Å². The molecule has 0 unspecified atom stereocenters. The van der Waals surface area contributed by atoms with Crippen molar-refractivity contribution in [3.05, 3.63) is 54.1 Å². The second-order valence-electron chi connectivity index (χ2n) is 19.8. The van der Waals surface area contributed by atoms with E-state index in [1.807, 2.05) is 39.9 Å². The maximum atomic E-state index is 14.1. The SMILES string of the molecule is CCCCCC(=O)NCCSSCCC(=O)CCCOCCOCCOCCCC(=O)CCC(=O)N1Cc2ccccc2-c2nnn(CCCCCCCCCCC[Si](C)(C)OC(C)C)c2-c2ccccc21. The van der Waals surface area contributed by atoms with E-state index in [4.69, 9.17) is 23.7 Å². The van der Waals surface area contributed by atoms with E-state index in [1.165, 1.54) is 51.0 Å². The summed E-state index contributed by atoms with van der Waals surface area (Å²) in [6, 6.07) is 17.4. The van der Waals surface area contributed by atoms with Gasteiger partial charge in [0.15, 0.2) is 8.32 Å². The lowest BCUT2D eigenvalue weighted by Gasteiger charge is -2.28. The number of ether oxygens (including phenoxy) is 3. The van der Waals surface area contributed by atoms with Crippen molar-refractivity contribution < 1.29 is 37.8 Å². The van der Waals surface area contributed by atoms with Crippen LogP contribution in [0.15, 0.2) is 48.5 Å². The van der Waals surface area contributed by atoms with Crippen LogP contribution in [0.5, 0.6) is 0 Å². The second kappa shape index (κ2) is 36.5. The molecule has 0 fully saturated rings. The molecule has 0 saturated carbocycles. The summed E-state index contributed by atoms with van der Waals surface area (Å²) < 4.78 is 25.2. The molecule has 4 rings (SSSR count). The number of hydrogen-bond acceptors (Lipinski definition) is 12. The number of ketones is 2. The number of carbonyl (C=O) groups is 4. The van der Waals surface area contributed by atoms with Gasteiger partial charge in [-0.25, -0.2) is 4.68 Å². The summed E-state index contributed by atoms with van der Waals surface area (Å²) in [5, 5.41) is 12.4. The number of aromatic nitrogens is 3. The van der Waals surface area contributed by atoms with Crippen LogP contribution in [0.4, 0.5) is 5.69 Å². The van der Waals surface area contributed by atoms with Crippen molar-refractivity contribution in [2.45, 2.75) is 188 Å². The maximum Gasteiger partial charge on any atom is 0.227 e. The molecule has 0 atom stereocenters. The zero-order valence-corrected chi connectivity index (χ0v) is 47.3. The highest BCUT2D eigenvalue weighted by Gasteiger charge is 2.29. The van der Waals surface area contributed by atoms with Crippen molar-refractivity contribution in [3.63, 3.8) is 0 Å². The third kappa shape index (κ3) is 24.8. The van der Waals surface area contributed by atoms with E-state index in [2.05, 4.69) is 62.6 Å². The van der Waals surface area contributed by atoms with Gasteiger partial charge in [-0.15, -0.1) is 5.10 Å². The molecule has 402 valence electrons. The average molecular weight is 1050 g/mol. The topological polar surface area (TPSA) is 151 Å². The number of Topliss-reactive ketones (excluding diaryl/α,β-unsaturated/α-hetero) is 2. The van der Waals surface area contributed by atoms with Gasteiger partial charge in [0, 0.05) is 93.6 Å². The van der Waals surface area contributed by atoms with Gasteiger partial charge in [-0.05, 0) is 70.3 Å². The van der Waals surface area contributed by atoms with Gasteiger partial charge in [-0.2, -0.15) is 0 Å². The number of nitrogens with zero attached hydrogens (tertiary/aromatic N) is 4. The van der Waals surface area contributed by atoms with E-state index in [0.717, 1.165) is 83.9 Å². The first-order valence-electron chi connectivity index (χ1n) is 27.4. The Morgan fingerprint density at radius 1 is 0.653 bits per heavy atom. The lowest BCUT2D eigenvalue weighted by molar-refractivity contribution is -0.124. The van der Waals surface area contributed by atoms with Gasteiger partial charge in [0.1, 0.15) is 17.3 Å². The Balaban J connectivity index is 1.06. The molecule has 0 spiro atoms. The van der Waals surface area contributed by atoms with E-state index in [9.17, 15) is 19.2 Å². The van der Waals surface area contributed by atoms with E-state index in [-0.39, 0.29) is 36.2 Å². The Kier molecular flexibility index (Phi) is 31.0. The summed E-state index contributed by atoms with van der Waals surface area (Å²) in [6.45, 7) is 15.6. The van der Waals surface area contributed by atoms with Crippen LogP contribution in [0.3, 0.4) is 0 Å². The van der Waals surface area contributed by atoms with Crippen LogP contribution >= 0.6 is 21.6 Å². The molecule has 0 radical (unpaired) electrons. The fourth-order valence-corrected chi connectivity index (χ4v) is 13.4. The smallest absolute Gasteiger partial charge is 0.227 e. The summed E-state index contributed by atoms with van der Waals surface area (Å²) >= 11 is 0. The Labute approximate surface area is 441 Å². The molecule has 16 heteroatoms. The van der Waals surface area contributed by atoms with E-state index >= 15 is 0 Å². The monoisotopic (exact) mass is 1050 g/mol. The standard InChI is InChI=1S/C56H89N5O8S2Si/c1-6-7-15-30-53(64)57-34-43-71-70-42-33-49(63)26-23-37-67-39-41-68-40-38-66-36-22-25-48(62)31-32-54(65)60-45-47-24-16-17-27-50(47)55-56(51-28-18-19-29-52(51)60)61(59-58-55)35-20-13-11-9-8-10-12-14-21-44-72(4,5)69-46(2)3/h16-19,24,27-29,46H,6-15,20-23,25-26,30-45H2,1-5H3,(H,57,64). The Bertz CT molecular complexity index is 2020. The molecule has 1 aromatic heterocycles. The highest BCUT2D eigenvalue weighted by Crippen LogP contribution is 2.41. The summed E-state index contributed by atoms with van der Waals surface area (Å²) in [4.78, 5) is 52.9. The Morgan fingerprint density at radius 3 is 1.93 bits per heavy atom. The van der Waals surface area contributed by atoms with Crippen molar-refractivity contribution in [3.8, 4) is 22.5 Å². The number of aryl methyl sites for hydroxylation is 1. The van der Waals surface area contributed by atoms with Crippen molar-refractivity contribution in [1.82, 2.24) is 20.3 Å². The molecule has 1 aliphatic rings. The van der Waals surface area contributed by atoms with E-state index in [1.54, 1.807) is 21.6 Å². The minimum Gasteiger partial charge on any atom is -0.415 e. The zero-order valence-electron chi connectivity index (χ0n) is 44.7. The van der Waals surface area contributed by atoms with Crippen LogP contribution in [0, 0.1) is 0 Å². The number of amides is 2. The molecule has 0 aliphatic carbocycles. The first kappa shape index (κ1) is 61.2. The van der Waals surface area contributed by atoms with Crippen molar-refractivity contribution >= 4 is 59.0 Å². The molecule has 72 heavy (non-hydrogen) atoms. The number of hydrogen-bond donors (Lipinski definition) is 1. The molecule has 0 bridgehead atoms. The lowest BCUT2D eigenvalue weighted by atomic mass is 9.95. The molecule has 2 aromatic carbocycles. The van der Waals surface area contributed by atoms with Gasteiger partial charge in [-0.1, -0.05) is 140 Å². The predicted molar refractivity (Wildman–Crippen MR) is 299 cm³/mol. The van der Waals surface area contributed by atoms with Crippen LogP contribution in [-0.2, 0) is 50.9 Å². The highest BCUT2D eigenvalue weighted by molar-refractivity contribution is 8.76. The summed E-state index contributed by atoms with van der Waals surface area (Å²) in [6.07, 6.45) is 18.1. The fourth-order valence-electron chi connectivity index (χ4n) is 8.99. The lowest BCUT2D eigenvalue weighted by Crippen LogP contribution is -2.33. The maximum absolute atomic E-state index is 14.1. The number of para-hydroxylation sites is 1. The van der Waals surface area contributed by atoms with Gasteiger partial charge < -0.3 is 28.9 Å². The van der Waals surface area contributed by atoms with E-state index < -0.39 is 8.32 Å². The Morgan fingerprint density at radius 2 is 1.25 bits per heavy atom. The minimum atomic E-state index is -1.52. The van der Waals surface area contributed by atoms with Crippen LogP contribution in [0.1, 0.15) is 155 Å². The molecule has 3 aromatic rings. The number of benzene rings is 2. The number of nitrogens with one attached hydrogen (secondary N) is 1. The fraction of sp³-hybridized carbons (Fsp3) is 0.679. The zero-order chi connectivity index (χ0) is 51.7. The van der Waals surface area contributed by atoms with Gasteiger partial charge in [0.2, 0.25) is 11.8 Å². The second-order valence-corrected chi connectivity index (χ2v) is 26.8. The van der Waals surface area contributed by atoms with Gasteiger partial charge in [0.05, 0.1) is 44.4 Å². The van der Waals surface area contributed by atoms with Crippen LogP contribution < -0.4 is 10.2 Å². The predicted octanol–water partition coefficient (Wildman–Crippen LogP) is 12.6. The quantitative estimate of drug-likeness (QED) is 0.0327. The van der Waals surface area contributed by atoms with Crippen LogP contribution in [0.2, 0.25) is 19.1 Å². The molecule has 0 saturated heterocycles. The number of anilines is 1. The molecule has 2 heterocycles. The van der Waals surface area contributed by atoms with Crippen LogP contribution in [0.25, 0.3) is 22.5 Å². The first-order chi connectivity index (χ1) is 35.0. The molecule has 2 amide bonds. The summed E-state index contributed by atoms with van der Waals surface area (Å²) in [5.74, 6) is 1.95. The largest absolute Gasteiger partial charge is 0.415 e. The third-order valence-corrected chi connectivity index (χ3v) is 17.8. The Hall–Kier alpha value is -3.38. The molecule has 1 N–H and O–H groups in total. The summed E-state index contributed by atoms with van der Waals surface area (Å²) in [5.41, 5.74) is 5.48. The third-order valence-electron chi connectivity index (χ3n) is 12.7. The van der Waals surface area contributed by atoms with Crippen molar-refractivity contribution in [2.75, 3.05) is 62.6 Å². The normalized spacial score (nSPS) is 12.3. The minimum absolute atomic E-state index is 0.0466. The number of carbonyl (C=O) groups excluding carboxylic acids is 4. The molecule has 1 aliphatic heterocycles. The van der Waals surface area contributed by atoms with E-state index in [0.29, 0.717) is 97.4 Å². The van der Waals surface area contributed by atoms with Crippen molar-refractivity contribution in [2.24, 2.45) is 0 Å². The van der Waals surface area contributed by atoms with Crippen molar-refractivity contribution in [1.29, 1.82) is 0 Å². The number of unbranched alkanes of at least 4 members (excludes halogenated alkanes) is 10. The van der Waals surface area contributed by atoms with Gasteiger partial charge >= 0.3 is 0 Å². The van der Waals surface area contributed by atoms with Gasteiger partial charge in [-0.3, -0.25) is 19.2 Å². The molecular weight excluding hydrogens is 963 g/mol. The number of rotatable bonds is 42.